The third kappa shape index (κ3) is 3.43. The largest absolute Gasteiger partial charge is 0.486 e. The standard InChI is InChI=1S/C9H11ClF2N2O/c1-9(11,12)4-15-8-3-7(14)6(13)2-5(8)10/h2-3H,4,13-14H2,1H3. The maximum Gasteiger partial charge on any atom is 0.278 e. The molecule has 0 bridgehead atoms. The van der Waals surface area contributed by atoms with Crippen LogP contribution in [0.25, 0.3) is 0 Å². The predicted octanol–water partition coefficient (Wildman–Crippen LogP) is 2.54. The van der Waals surface area contributed by atoms with Crippen LogP contribution in [0.1, 0.15) is 6.92 Å². The highest BCUT2D eigenvalue weighted by Crippen LogP contribution is 2.32. The zero-order valence-electron chi connectivity index (χ0n) is 8.06. The van der Waals surface area contributed by atoms with E-state index in [4.69, 9.17) is 27.8 Å². The van der Waals surface area contributed by atoms with E-state index in [1.54, 1.807) is 0 Å². The molecule has 0 saturated heterocycles. The van der Waals surface area contributed by atoms with Gasteiger partial charge < -0.3 is 16.2 Å². The van der Waals surface area contributed by atoms with Crippen LogP contribution in [0.2, 0.25) is 5.02 Å². The third-order valence-corrected chi connectivity index (χ3v) is 1.91. The van der Waals surface area contributed by atoms with E-state index < -0.39 is 12.5 Å². The lowest BCUT2D eigenvalue weighted by Crippen LogP contribution is -2.21. The fourth-order valence-electron chi connectivity index (χ4n) is 0.900. The summed E-state index contributed by atoms with van der Waals surface area (Å²) in [5, 5.41) is 0.158. The first kappa shape index (κ1) is 11.8. The van der Waals surface area contributed by atoms with Crippen LogP contribution in [0.5, 0.6) is 5.75 Å². The van der Waals surface area contributed by atoms with E-state index in [9.17, 15) is 8.78 Å². The summed E-state index contributed by atoms with van der Waals surface area (Å²) in [5.41, 5.74) is 11.5. The molecule has 0 spiro atoms. The Morgan fingerprint density at radius 1 is 1.33 bits per heavy atom. The Hall–Kier alpha value is -1.23. The van der Waals surface area contributed by atoms with Gasteiger partial charge in [0.05, 0.1) is 16.4 Å². The average Bonchev–Trinajstić information content (AvgIpc) is 2.07. The van der Waals surface area contributed by atoms with Crippen molar-refractivity contribution in [2.75, 3.05) is 18.1 Å². The van der Waals surface area contributed by atoms with Gasteiger partial charge in [0.1, 0.15) is 5.75 Å². The molecule has 0 aliphatic rings. The number of nitrogen functional groups attached to an aromatic ring is 2. The van der Waals surface area contributed by atoms with Crippen LogP contribution in [0.4, 0.5) is 20.2 Å². The van der Waals surface area contributed by atoms with E-state index in [0.717, 1.165) is 6.92 Å². The van der Waals surface area contributed by atoms with E-state index in [2.05, 4.69) is 0 Å². The van der Waals surface area contributed by atoms with Crippen LogP contribution in [0.3, 0.4) is 0 Å². The number of anilines is 2. The number of halogens is 3. The van der Waals surface area contributed by atoms with E-state index in [-0.39, 0.29) is 22.1 Å². The summed E-state index contributed by atoms with van der Waals surface area (Å²) >= 11 is 5.72. The lowest BCUT2D eigenvalue weighted by Gasteiger charge is -2.14. The predicted molar refractivity (Wildman–Crippen MR) is 56.4 cm³/mol. The molecule has 0 heterocycles. The molecule has 0 aliphatic carbocycles. The number of rotatable bonds is 3. The van der Waals surface area contributed by atoms with Crippen molar-refractivity contribution in [2.24, 2.45) is 0 Å². The van der Waals surface area contributed by atoms with Gasteiger partial charge in [-0.2, -0.15) is 0 Å². The molecule has 0 aliphatic heterocycles. The minimum Gasteiger partial charge on any atom is -0.486 e. The number of benzene rings is 1. The molecule has 1 rings (SSSR count). The second-order valence-electron chi connectivity index (χ2n) is 3.27. The van der Waals surface area contributed by atoms with Gasteiger partial charge in [-0.3, -0.25) is 0 Å². The van der Waals surface area contributed by atoms with Crippen molar-refractivity contribution in [3.63, 3.8) is 0 Å². The summed E-state index contributed by atoms with van der Waals surface area (Å²) in [6.45, 7) is -0.00234. The highest BCUT2D eigenvalue weighted by atomic mass is 35.5. The summed E-state index contributed by atoms with van der Waals surface area (Å²) in [6, 6.07) is 2.68. The van der Waals surface area contributed by atoms with Crippen LogP contribution in [-0.2, 0) is 0 Å². The van der Waals surface area contributed by atoms with Gasteiger partial charge in [-0.05, 0) is 6.07 Å². The first-order chi connectivity index (χ1) is 6.79. The highest BCUT2D eigenvalue weighted by Gasteiger charge is 2.22. The van der Waals surface area contributed by atoms with Gasteiger partial charge >= 0.3 is 0 Å². The minimum atomic E-state index is -2.92. The monoisotopic (exact) mass is 236 g/mol. The van der Waals surface area contributed by atoms with Crippen LogP contribution in [0.15, 0.2) is 12.1 Å². The van der Waals surface area contributed by atoms with Crippen molar-refractivity contribution in [2.45, 2.75) is 12.8 Å². The van der Waals surface area contributed by atoms with Gasteiger partial charge in [0, 0.05) is 13.0 Å². The summed E-state index contributed by atoms with van der Waals surface area (Å²) in [4.78, 5) is 0. The number of nitrogens with two attached hydrogens (primary N) is 2. The number of hydrogen-bond acceptors (Lipinski definition) is 3. The molecule has 0 radical (unpaired) electrons. The smallest absolute Gasteiger partial charge is 0.278 e. The van der Waals surface area contributed by atoms with E-state index in [1.807, 2.05) is 0 Å². The third-order valence-electron chi connectivity index (χ3n) is 1.62. The minimum absolute atomic E-state index is 0.102. The fourth-order valence-corrected chi connectivity index (χ4v) is 1.13. The average molecular weight is 237 g/mol. The fraction of sp³-hybridized carbons (Fsp3) is 0.333. The maximum atomic E-state index is 12.5. The number of alkyl halides is 2. The molecule has 0 amide bonds. The molecule has 0 atom stereocenters. The van der Waals surface area contributed by atoms with Crippen LogP contribution in [0, 0.1) is 0 Å². The molecule has 6 heteroatoms. The Morgan fingerprint density at radius 3 is 2.40 bits per heavy atom. The molecule has 0 fully saturated rings. The Labute approximate surface area is 91.0 Å². The topological polar surface area (TPSA) is 61.3 Å². The molecule has 0 unspecified atom stereocenters. The molecule has 4 N–H and O–H groups in total. The second-order valence-corrected chi connectivity index (χ2v) is 3.68. The maximum absolute atomic E-state index is 12.5. The summed E-state index contributed by atoms with van der Waals surface area (Å²) in [6.07, 6.45) is 0. The van der Waals surface area contributed by atoms with Crippen LogP contribution >= 0.6 is 11.6 Å². The van der Waals surface area contributed by atoms with Crippen molar-refractivity contribution in [1.82, 2.24) is 0 Å². The van der Waals surface area contributed by atoms with E-state index in [1.165, 1.54) is 12.1 Å². The van der Waals surface area contributed by atoms with Gasteiger partial charge in [0.2, 0.25) is 0 Å². The zero-order chi connectivity index (χ0) is 11.6. The quantitative estimate of drug-likeness (QED) is 0.793. The van der Waals surface area contributed by atoms with Gasteiger partial charge in [-0.1, -0.05) is 11.6 Å². The van der Waals surface area contributed by atoms with Gasteiger partial charge in [0.15, 0.2) is 6.61 Å². The number of ether oxygens (including phenoxy) is 1. The Morgan fingerprint density at radius 2 is 1.87 bits per heavy atom. The molecular weight excluding hydrogens is 226 g/mol. The molecule has 1 aromatic carbocycles. The first-order valence-electron chi connectivity index (χ1n) is 4.15. The summed E-state index contributed by atoms with van der Waals surface area (Å²) in [5.74, 6) is -2.82. The SMILES string of the molecule is CC(F)(F)COc1cc(N)c(N)cc1Cl. The van der Waals surface area contributed by atoms with Crippen molar-refractivity contribution in [3.8, 4) is 5.75 Å². The highest BCUT2D eigenvalue weighted by molar-refractivity contribution is 6.32. The molecular formula is C9H11ClF2N2O. The second kappa shape index (κ2) is 4.10. The zero-order valence-corrected chi connectivity index (χ0v) is 8.81. The molecule has 15 heavy (non-hydrogen) atoms. The molecule has 84 valence electrons. The Balaban J connectivity index is 2.82. The Kier molecular flexibility index (Phi) is 3.24. The molecule has 1 aromatic rings. The first-order valence-corrected chi connectivity index (χ1v) is 4.52. The van der Waals surface area contributed by atoms with Crippen LogP contribution < -0.4 is 16.2 Å². The normalized spacial score (nSPS) is 11.5. The van der Waals surface area contributed by atoms with Crippen molar-refractivity contribution in [3.05, 3.63) is 17.2 Å². The van der Waals surface area contributed by atoms with Gasteiger partial charge in [-0.25, -0.2) is 8.78 Å². The van der Waals surface area contributed by atoms with Crippen molar-refractivity contribution < 1.29 is 13.5 Å². The molecule has 0 saturated carbocycles. The lowest BCUT2D eigenvalue weighted by molar-refractivity contribution is -0.0229. The molecule has 3 nitrogen and oxygen atoms in total. The van der Waals surface area contributed by atoms with Gasteiger partial charge in [0.25, 0.3) is 5.92 Å². The van der Waals surface area contributed by atoms with Crippen LogP contribution in [-0.4, -0.2) is 12.5 Å². The Bertz CT molecular complexity index is 366. The lowest BCUT2D eigenvalue weighted by atomic mass is 10.2. The molecule has 0 aromatic heterocycles. The number of hydrogen-bond donors (Lipinski definition) is 2. The summed E-state index contributed by atoms with van der Waals surface area (Å²) in [7, 11) is 0. The summed E-state index contributed by atoms with van der Waals surface area (Å²) < 4.78 is 29.8. The van der Waals surface area contributed by atoms with Gasteiger partial charge in [-0.15, -0.1) is 0 Å². The van der Waals surface area contributed by atoms with Crippen molar-refractivity contribution >= 4 is 23.0 Å². The van der Waals surface area contributed by atoms with E-state index >= 15 is 0 Å². The van der Waals surface area contributed by atoms with Crippen molar-refractivity contribution in [1.29, 1.82) is 0 Å². The van der Waals surface area contributed by atoms with E-state index in [0.29, 0.717) is 0 Å².